The molecule has 4 rings (SSSR count). The van der Waals surface area contributed by atoms with Gasteiger partial charge in [-0.3, -0.25) is 9.69 Å². The van der Waals surface area contributed by atoms with E-state index in [9.17, 15) is 4.79 Å². The van der Waals surface area contributed by atoms with Crippen LogP contribution in [0.4, 0.5) is 0 Å². The van der Waals surface area contributed by atoms with Gasteiger partial charge in [0.15, 0.2) is 0 Å². The summed E-state index contributed by atoms with van der Waals surface area (Å²) in [5.41, 5.74) is 3.16. The van der Waals surface area contributed by atoms with Gasteiger partial charge in [0.25, 0.3) is 5.56 Å². The zero-order valence-electron chi connectivity index (χ0n) is 15.5. The normalized spacial score (nSPS) is 18.5. The molecule has 0 spiro atoms. The molecule has 5 heteroatoms. The van der Waals surface area contributed by atoms with Crippen LogP contribution >= 0.6 is 0 Å². The summed E-state index contributed by atoms with van der Waals surface area (Å²) in [4.78, 5) is 22.9. The molecule has 5 nitrogen and oxygen atoms in total. The maximum atomic E-state index is 12.7. The van der Waals surface area contributed by atoms with Crippen LogP contribution < -0.4 is 10.3 Å². The van der Waals surface area contributed by atoms with Gasteiger partial charge in [0.2, 0.25) is 0 Å². The number of H-pyrrole nitrogens is 1. The van der Waals surface area contributed by atoms with Crippen LogP contribution in [0.5, 0.6) is 5.75 Å². The molecule has 138 valence electrons. The summed E-state index contributed by atoms with van der Waals surface area (Å²) in [5.74, 6) is 2.24. The number of rotatable bonds is 4. The standard InChI is InChI=1S/C21H27N3O2/c1-26-17-9-7-15(8-10-17)13-24-12-11-19-18(14-24)21(25)23-20(22-19)16-5-3-2-4-6-16/h7-10,16H,2-6,11-14H2,1H3,(H,22,23,25). The van der Waals surface area contributed by atoms with Crippen molar-refractivity contribution in [2.75, 3.05) is 13.7 Å². The van der Waals surface area contributed by atoms with Gasteiger partial charge in [0, 0.05) is 32.0 Å². The van der Waals surface area contributed by atoms with Crippen molar-refractivity contribution in [3.05, 3.63) is 57.3 Å². The first-order chi connectivity index (χ1) is 12.7. The van der Waals surface area contributed by atoms with Crippen LogP contribution in [0.25, 0.3) is 0 Å². The molecule has 0 bridgehead atoms. The second-order valence-corrected chi connectivity index (χ2v) is 7.52. The van der Waals surface area contributed by atoms with Gasteiger partial charge in [-0.2, -0.15) is 0 Å². The van der Waals surface area contributed by atoms with Crippen LogP contribution in [0.1, 0.15) is 60.7 Å². The Labute approximate surface area is 154 Å². The number of hydrogen-bond acceptors (Lipinski definition) is 4. The summed E-state index contributed by atoms with van der Waals surface area (Å²) < 4.78 is 5.22. The molecule has 1 aromatic heterocycles. The lowest BCUT2D eigenvalue weighted by Gasteiger charge is -2.29. The predicted molar refractivity (Wildman–Crippen MR) is 101 cm³/mol. The zero-order chi connectivity index (χ0) is 17.9. The number of aromatic nitrogens is 2. The second kappa shape index (κ2) is 7.62. The molecule has 26 heavy (non-hydrogen) atoms. The molecule has 1 aliphatic heterocycles. The molecule has 1 N–H and O–H groups in total. The molecule has 1 aromatic carbocycles. The van der Waals surface area contributed by atoms with Gasteiger partial charge < -0.3 is 9.72 Å². The van der Waals surface area contributed by atoms with Gasteiger partial charge >= 0.3 is 0 Å². The number of nitrogens with one attached hydrogen (secondary N) is 1. The van der Waals surface area contributed by atoms with Crippen molar-refractivity contribution >= 4 is 0 Å². The summed E-state index contributed by atoms with van der Waals surface area (Å²) in [6.07, 6.45) is 6.99. The maximum Gasteiger partial charge on any atom is 0.255 e. The fraction of sp³-hybridized carbons (Fsp3) is 0.524. The number of nitrogens with zero attached hydrogens (tertiary/aromatic N) is 2. The maximum absolute atomic E-state index is 12.7. The van der Waals surface area contributed by atoms with Crippen molar-refractivity contribution < 1.29 is 4.74 Å². The number of fused-ring (bicyclic) bond motifs is 1. The molecule has 0 radical (unpaired) electrons. The summed E-state index contributed by atoms with van der Waals surface area (Å²) in [5, 5.41) is 0. The van der Waals surface area contributed by atoms with E-state index in [1.165, 1.54) is 24.8 Å². The highest BCUT2D eigenvalue weighted by Crippen LogP contribution is 2.30. The van der Waals surface area contributed by atoms with Crippen molar-refractivity contribution in [3.63, 3.8) is 0 Å². The quantitative estimate of drug-likeness (QED) is 0.915. The average molecular weight is 353 g/mol. The van der Waals surface area contributed by atoms with E-state index < -0.39 is 0 Å². The minimum absolute atomic E-state index is 0.0648. The number of ether oxygens (including phenoxy) is 1. The molecular formula is C21H27N3O2. The van der Waals surface area contributed by atoms with E-state index >= 15 is 0 Å². The molecule has 0 atom stereocenters. The monoisotopic (exact) mass is 353 g/mol. The smallest absolute Gasteiger partial charge is 0.255 e. The summed E-state index contributed by atoms with van der Waals surface area (Å²) >= 11 is 0. The van der Waals surface area contributed by atoms with E-state index in [1.54, 1.807) is 7.11 Å². The van der Waals surface area contributed by atoms with Crippen LogP contribution in [-0.2, 0) is 19.5 Å². The van der Waals surface area contributed by atoms with E-state index in [1.807, 2.05) is 12.1 Å². The Balaban J connectivity index is 1.48. The first kappa shape index (κ1) is 17.3. The van der Waals surface area contributed by atoms with Gasteiger partial charge in [-0.05, 0) is 30.5 Å². The molecule has 2 aromatic rings. The van der Waals surface area contributed by atoms with Crippen molar-refractivity contribution in [2.24, 2.45) is 0 Å². The first-order valence-corrected chi connectivity index (χ1v) is 9.70. The van der Waals surface area contributed by atoms with Gasteiger partial charge in [0.05, 0.1) is 18.4 Å². The third-order valence-electron chi connectivity index (χ3n) is 5.72. The molecule has 2 heterocycles. The highest BCUT2D eigenvalue weighted by atomic mass is 16.5. The SMILES string of the molecule is COc1ccc(CN2CCc3nc(C4CCCCC4)[nH]c(=O)c3C2)cc1. The predicted octanol–water partition coefficient (Wildman–Crippen LogP) is 3.38. The second-order valence-electron chi connectivity index (χ2n) is 7.52. The number of benzene rings is 1. The summed E-state index contributed by atoms with van der Waals surface area (Å²) in [7, 11) is 1.68. The highest BCUT2D eigenvalue weighted by molar-refractivity contribution is 5.28. The van der Waals surface area contributed by atoms with Crippen molar-refractivity contribution in [3.8, 4) is 5.75 Å². The van der Waals surface area contributed by atoms with Gasteiger partial charge in [-0.25, -0.2) is 4.98 Å². The van der Waals surface area contributed by atoms with E-state index in [0.717, 1.165) is 55.2 Å². The van der Waals surface area contributed by atoms with E-state index in [-0.39, 0.29) is 5.56 Å². The number of methoxy groups -OCH3 is 1. The van der Waals surface area contributed by atoms with E-state index in [0.29, 0.717) is 12.5 Å². The number of aromatic amines is 1. The van der Waals surface area contributed by atoms with Gasteiger partial charge in [0.1, 0.15) is 11.6 Å². The summed E-state index contributed by atoms with van der Waals surface area (Å²) in [6.45, 7) is 2.46. The van der Waals surface area contributed by atoms with Crippen LogP contribution in [0.15, 0.2) is 29.1 Å². The van der Waals surface area contributed by atoms with Crippen molar-refractivity contribution in [2.45, 2.75) is 57.5 Å². The number of hydrogen-bond donors (Lipinski definition) is 1. The fourth-order valence-corrected chi connectivity index (χ4v) is 4.19. The van der Waals surface area contributed by atoms with Crippen molar-refractivity contribution in [1.29, 1.82) is 0 Å². The highest BCUT2D eigenvalue weighted by Gasteiger charge is 2.24. The van der Waals surface area contributed by atoms with Crippen LogP contribution in [0.3, 0.4) is 0 Å². The first-order valence-electron chi connectivity index (χ1n) is 9.70. The van der Waals surface area contributed by atoms with Crippen molar-refractivity contribution in [1.82, 2.24) is 14.9 Å². The van der Waals surface area contributed by atoms with Crippen LogP contribution in [-0.4, -0.2) is 28.5 Å². The molecule has 0 saturated heterocycles. The third kappa shape index (κ3) is 3.68. The molecule has 0 unspecified atom stereocenters. The Kier molecular flexibility index (Phi) is 5.07. The molecule has 1 saturated carbocycles. The molecule has 2 aliphatic rings. The molecular weight excluding hydrogens is 326 g/mol. The lowest BCUT2D eigenvalue weighted by Crippen LogP contribution is -2.36. The Morgan fingerprint density at radius 3 is 2.69 bits per heavy atom. The minimum atomic E-state index is 0.0648. The Morgan fingerprint density at radius 2 is 1.96 bits per heavy atom. The van der Waals surface area contributed by atoms with Gasteiger partial charge in [-0.15, -0.1) is 0 Å². The average Bonchev–Trinajstić information content (AvgIpc) is 2.69. The molecule has 1 fully saturated rings. The Bertz CT molecular complexity index is 807. The Hall–Kier alpha value is -2.14. The lowest BCUT2D eigenvalue weighted by atomic mass is 9.88. The minimum Gasteiger partial charge on any atom is -0.497 e. The zero-order valence-corrected chi connectivity index (χ0v) is 15.5. The Morgan fingerprint density at radius 1 is 1.19 bits per heavy atom. The molecule has 0 amide bonds. The summed E-state index contributed by atoms with van der Waals surface area (Å²) in [6, 6.07) is 8.14. The van der Waals surface area contributed by atoms with E-state index in [2.05, 4.69) is 22.0 Å². The largest absolute Gasteiger partial charge is 0.497 e. The topological polar surface area (TPSA) is 58.2 Å². The lowest BCUT2D eigenvalue weighted by molar-refractivity contribution is 0.241. The fourth-order valence-electron chi connectivity index (χ4n) is 4.19. The van der Waals surface area contributed by atoms with Gasteiger partial charge in [-0.1, -0.05) is 31.4 Å². The van der Waals surface area contributed by atoms with E-state index in [4.69, 9.17) is 9.72 Å². The van der Waals surface area contributed by atoms with Crippen LogP contribution in [0.2, 0.25) is 0 Å². The van der Waals surface area contributed by atoms with Crippen LogP contribution in [0, 0.1) is 0 Å². The molecule has 1 aliphatic carbocycles. The third-order valence-corrected chi connectivity index (χ3v) is 5.72.